The molecule has 60 valence electrons. The van der Waals surface area contributed by atoms with E-state index < -0.39 is 0 Å². The van der Waals surface area contributed by atoms with E-state index in [9.17, 15) is 4.79 Å². The van der Waals surface area contributed by atoms with Crippen LogP contribution in [-0.2, 0) is 0 Å². The van der Waals surface area contributed by atoms with Crippen molar-refractivity contribution in [2.45, 2.75) is 0 Å². The minimum Gasteiger partial charge on any atom is -0.425 e. The van der Waals surface area contributed by atoms with Crippen LogP contribution in [0.3, 0.4) is 0 Å². The number of anilines is 1. The topological polar surface area (TPSA) is 69.1 Å². The van der Waals surface area contributed by atoms with Crippen LogP contribution in [-0.4, -0.2) is 4.98 Å². The number of para-hydroxylation sites is 1. The summed E-state index contributed by atoms with van der Waals surface area (Å²) in [5.41, 5.74) is 5.36. The summed E-state index contributed by atoms with van der Waals surface area (Å²) in [7, 11) is 0. The van der Waals surface area contributed by atoms with Gasteiger partial charge in [-0.25, -0.2) is 0 Å². The Morgan fingerprint density at radius 3 is 2.92 bits per heavy atom. The predicted molar refractivity (Wildman–Crippen MR) is 44.7 cm³/mol. The van der Waals surface area contributed by atoms with Crippen molar-refractivity contribution in [2.75, 3.05) is 5.73 Å². The lowest BCUT2D eigenvalue weighted by Crippen LogP contribution is -2.08. The van der Waals surface area contributed by atoms with E-state index >= 15 is 0 Å². The summed E-state index contributed by atoms with van der Waals surface area (Å²) in [4.78, 5) is 14.6. The summed E-state index contributed by atoms with van der Waals surface area (Å²) < 4.78 is 5.01. The molecule has 0 aliphatic rings. The Bertz CT molecular complexity index is 476. The molecule has 2 N–H and O–H groups in total. The van der Waals surface area contributed by atoms with Crippen LogP contribution in [0, 0.1) is 0 Å². The lowest BCUT2D eigenvalue weighted by Gasteiger charge is -1.94. The summed E-state index contributed by atoms with van der Waals surface area (Å²) in [6.45, 7) is 0. The molecule has 0 saturated carbocycles. The van der Waals surface area contributed by atoms with Crippen molar-refractivity contribution in [1.29, 1.82) is 0 Å². The number of nitrogens with zero attached hydrogens (tertiary/aromatic N) is 1. The average molecular weight is 162 g/mol. The van der Waals surface area contributed by atoms with Crippen LogP contribution < -0.4 is 11.3 Å². The fourth-order valence-corrected chi connectivity index (χ4v) is 1.03. The van der Waals surface area contributed by atoms with E-state index in [-0.39, 0.29) is 11.6 Å². The number of rotatable bonds is 0. The van der Waals surface area contributed by atoms with Crippen LogP contribution >= 0.6 is 0 Å². The van der Waals surface area contributed by atoms with Crippen LogP contribution in [0.15, 0.2) is 33.5 Å². The molecular formula is C8H6N2O2. The van der Waals surface area contributed by atoms with Crippen LogP contribution in [0.25, 0.3) is 11.0 Å². The maximum atomic E-state index is 11.1. The molecule has 0 atom stereocenters. The first kappa shape index (κ1) is 6.84. The van der Waals surface area contributed by atoms with Gasteiger partial charge in [-0.1, -0.05) is 12.1 Å². The number of benzene rings is 1. The van der Waals surface area contributed by atoms with Gasteiger partial charge < -0.3 is 10.2 Å². The van der Waals surface area contributed by atoms with E-state index in [2.05, 4.69) is 4.98 Å². The molecule has 0 saturated heterocycles. The van der Waals surface area contributed by atoms with Crippen molar-refractivity contribution in [2.24, 2.45) is 0 Å². The van der Waals surface area contributed by atoms with E-state index in [4.69, 9.17) is 10.2 Å². The van der Waals surface area contributed by atoms with Crippen molar-refractivity contribution < 1.29 is 4.42 Å². The van der Waals surface area contributed by atoms with E-state index in [0.717, 1.165) is 0 Å². The second kappa shape index (κ2) is 2.34. The SMILES string of the molecule is Nc1nc(=O)c2ccccc2o1. The van der Waals surface area contributed by atoms with Gasteiger partial charge in [0, 0.05) is 0 Å². The van der Waals surface area contributed by atoms with Crippen molar-refractivity contribution >= 4 is 17.0 Å². The maximum Gasteiger partial charge on any atom is 0.295 e. The number of nitrogen functional groups attached to an aromatic ring is 1. The van der Waals surface area contributed by atoms with Gasteiger partial charge in [-0.05, 0) is 12.1 Å². The summed E-state index contributed by atoms with van der Waals surface area (Å²) in [6, 6.07) is 6.74. The van der Waals surface area contributed by atoms with Crippen molar-refractivity contribution in [3.63, 3.8) is 0 Å². The van der Waals surface area contributed by atoms with Crippen LogP contribution in [0.4, 0.5) is 6.01 Å². The second-order valence-corrected chi connectivity index (χ2v) is 2.35. The third kappa shape index (κ3) is 0.934. The summed E-state index contributed by atoms with van der Waals surface area (Å²) in [6.07, 6.45) is 0. The molecule has 0 bridgehead atoms. The van der Waals surface area contributed by atoms with Crippen LogP contribution in [0.2, 0.25) is 0 Å². The summed E-state index contributed by atoms with van der Waals surface area (Å²) in [5.74, 6) is 0. The van der Waals surface area contributed by atoms with Crippen molar-refractivity contribution in [3.8, 4) is 0 Å². The molecule has 0 unspecified atom stereocenters. The summed E-state index contributed by atoms with van der Waals surface area (Å²) >= 11 is 0. The zero-order valence-corrected chi connectivity index (χ0v) is 6.15. The molecule has 1 aromatic carbocycles. The highest BCUT2D eigenvalue weighted by Gasteiger charge is 2.00. The molecular weight excluding hydrogens is 156 g/mol. The van der Waals surface area contributed by atoms with Gasteiger partial charge in [0.25, 0.3) is 11.6 Å². The number of hydrogen-bond acceptors (Lipinski definition) is 4. The van der Waals surface area contributed by atoms with E-state index in [1.54, 1.807) is 24.3 Å². The highest BCUT2D eigenvalue weighted by molar-refractivity contribution is 5.75. The Hall–Kier alpha value is -1.84. The fraction of sp³-hybridized carbons (Fsp3) is 0. The van der Waals surface area contributed by atoms with Gasteiger partial charge in [0.05, 0.1) is 5.39 Å². The molecule has 0 spiro atoms. The smallest absolute Gasteiger partial charge is 0.295 e. The van der Waals surface area contributed by atoms with Crippen LogP contribution in [0.5, 0.6) is 0 Å². The number of hydrogen-bond donors (Lipinski definition) is 1. The first-order chi connectivity index (χ1) is 5.77. The fourth-order valence-electron chi connectivity index (χ4n) is 1.03. The zero-order chi connectivity index (χ0) is 8.55. The average Bonchev–Trinajstić information content (AvgIpc) is 2.04. The Balaban J connectivity index is 2.99. The largest absolute Gasteiger partial charge is 0.425 e. The zero-order valence-electron chi connectivity index (χ0n) is 6.15. The third-order valence-corrected chi connectivity index (χ3v) is 1.54. The number of nitrogens with two attached hydrogens (primary N) is 1. The second-order valence-electron chi connectivity index (χ2n) is 2.35. The molecule has 4 nitrogen and oxygen atoms in total. The molecule has 0 fully saturated rings. The van der Waals surface area contributed by atoms with Gasteiger partial charge in [-0.3, -0.25) is 4.79 Å². The highest BCUT2D eigenvalue weighted by Crippen LogP contribution is 2.09. The molecule has 12 heavy (non-hydrogen) atoms. The first-order valence-electron chi connectivity index (χ1n) is 3.43. The lowest BCUT2D eigenvalue weighted by molar-refractivity contribution is 0.602. The van der Waals surface area contributed by atoms with Gasteiger partial charge in [0.15, 0.2) is 0 Å². The van der Waals surface area contributed by atoms with Crippen molar-refractivity contribution in [1.82, 2.24) is 4.98 Å². The van der Waals surface area contributed by atoms with E-state index in [1.165, 1.54) is 0 Å². The number of aromatic nitrogens is 1. The van der Waals surface area contributed by atoms with Gasteiger partial charge in [0.2, 0.25) is 0 Å². The Labute approximate surface area is 67.6 Å². The molecule has 0 aliphatic carbocycles. The Kier molecular flexibility index (Phi) is 1.33. The number of fused-ring (bicyclic) bond motifs is 1. The quantitative estimate of drug-likeness (QED) is 0.621. The van der Waals surface area contributed by atoms with Gasteiger partial charge in [0.1, 0.15) is 5.58 Å². The first-order valence-corrected chi connectivity index (χ1v) is 3.43. The maximum absolute atomic E-state index is 11.1. The third-order valence-electron chi connectivity index (χ3n) is 1.54. The minimum absolute atomic E-state index is 0.0984. The van der Waals surface area contributed by atoms with Gasteiger partial charge >= 0.3 is 0 Å². The minimum atomic E-state index is -0.352. The Morgan fingerprint density at radius 1 is 1.33 bits per heavy atom. The highest BCUT2D eigenvalue weighted by atomic mass is 16.4. The normalized spacial score (nSPS) is 10.3. The molecule has 1 heterocycles. The van der Waals surface area contributed by atoms with E-state index in [0.29, 0.717) is 11.0 Å². The molecule has 0 amide bonds. The summed E-state index contributed by atoms with van der Waals surface area (Å²) in [5, 5.41) is 0.451. The standard InChI is InChI=1S/C8H6N2O2/c9-8-10-7(11)5-3-1-2-4-6(5)12-8/h1-4H,(H2,9,10,11). The molecule has 4 heteroatoms. The molecule has 2 aromatic rings. The van der Waals surface area contributed by atoms with Gasteiger partial charge in [-0.15, -0.1) is 0 Å². The van der Waals surface area contributed by atoms with Crippen molar-refractivity contribution in [3.05, 3.63) is 34.6 Å². The lowest BCUT2D eigenvalue weighted by atomic mass is 10.3. The monoisotopic (exact) mass is 162 g/mol. The van der Waals surface area contributed by atoms with E-state index in [1.807, 2.05) is 0 Å². The molecule has 2 rings (SSSR count). The van der Waals surface area contributed by atoms with Crippen LogP contribution in [0.1, 0.15) is 0 Å². The predicted octanol–water partition coefficient (Wildman–Crippen LogP) is 0.770. The Morgan fingerprint density at radius 2 is 2.08 bits per heavy atom. The van der Waals surface area contributed by atoms with Gasteiger partial charge in [-0.2, -0.15) is 4.98 Å². The molecule has 1 aromatic heterocycles. The molecule has 0 radical (unpaired) electrons. The molecule has 0 aliphatic heterocycles.